The van der Waals surface area contributed by atoms with Crippen molar-refractivity contribution in [2.24, 2.45) is 0 Å². The van der Waals surface area contributed by atoms with Crippen LogP contribution in [0.4, 0.5) is 5.69 Å². The molecule has 2 aromatic rings. The molecule has 0 unspecified atom stereocenters. The first kappa shape index (κ1) is 13.9. The molecule has 2 rings (SSSR count). The van der Waals surface area contributed by atoms with E-state index >= 15 is 0 Å². The molecule has 0 aliphatic carbocycles. The van der Waals surface area contributed by atoms with Crippen molar-refractivity contribution < 1.29 is 14.7 Å². The quantitative estimate of drug-likeness (QED) is 0.899. The molecule has 0 bridgehead atoms. The van der Waals surface area contributed by atoms with Crippen LogP contribution in [0.15, 0.2) is 30.3 Å². The van der Waals surface area contributed by atoms with E-state index in [1.807, 2.05) is 0 Å². The Kier molecular flexibility index (Phi) is 4.09. The third-order valence-corrected chi connectivity index (χ3v) is 3.85. The number of rotatable bonds is 3. The van der Waals surface area contributed by atoms with Gasteiger partial charge in [-0.05, 0) is 30.3 Å². The second-order valence-corrected chi connectivity index (χ2v) is 5.47. The summed E-state index contributed by atoms with van der Waals surface area (Å²) in [5.41, 5.74) is 0.379. The normalized spacial score (nSPS) is 10.2. The maximum atomic E-state index is 11.9. The Morgan fingerprint density at radius 3 is 2.42 bits per heavy atom. The first-order valence-corrected chi connectivity index (χ1v) is 6.64. The van der Waals surface area contributed by atoms with Crippen LogP contribution in [0.25, 0.3) is 0 Å². The first-order chi connectivity index (χ1) is 8.97. The fraction of sp³-hybridized carbons (Fsp3) is 0. The number of amides is 1. The second-order valence-electron chi connectivity index (χ2n) is 3.55. The van der Waals surface area contributed by atoms with Crippen LogP contribution in [0.1, 0.15) is 19.3 Å². The SMILES string of the molecule is O=C(O)c1ccc(C(=O)Nc2cc(Cl)ccc2Cl)s1. The Bertz CT molecular complexity index is 654. The Labute approximate surface area is 122 Å². The van der Waals surface area contributed by atoms with Gasteiger partial charge in [0.05, 0.1) is 15.6 Å². The fourth-order valence-corrected chi connectivity index (χ4v) is 2.43. The average molecular weight is 316 g/mol. The molecule has 4 nitrogen and oxygen atoms in total. The van der Waals surface area contributed by atoms with Gasteiger partial charge in [0.15, 0.2) is 0 Å². The zero-order valence-electron chi connectivity index (χ0n) is 9.31. The van der Waals surface area contributed by atoms with Gasteiger partial charge in [-0.1, -0.05) is 23.2 Å². The summed E-state index contributed by atoms with van der Waals surface area (Å²) >= 11 is 12.6. The number of carboxylic acid groups (broad SMARTS) is 1. The van der Waals surface area contributed by atoms with Gasteiger partial charge in [0.25, 0.3) is 5.91 Å². The van der Waals surface area contributed by atoms with Crippen molar-refractivity contribution in [2.45, 2.75) is 0 Å². The molecule has 0 radical (unpaired) electrons. The summed E-state index contributed by atoms with van der Waals surface area (Å²) in [6, 6.07) is 7.51. The summed E-state index contributed by atoms with van der Waals surface area (Å²) in [6.07, 6.45) is 0. The van der Waals surface area contributed by atoms with Gasteiger partial charge in [-0.2, -0.15) is 0 Å². The van der Waals surface area contributed by atoms with E-state index in [-0.39, 0.29) is 9.75 Å². The Hall–Kier alpha value is -1.56. The van der Waals surface area contributed by atoms with Gasteiger partial charge in [0.1, 0.15) is 4.88 Å². The zero-order valence-corrected chi connectivity index (χ0v) is 11.6. The van der Waals surface area contributed by atoms with Gasteiger partial charge in [-0.3, -0.25) is 4.79 Å². The van der Waals surface area contributed by atoms with E-state index in [9.17, 15) is 9.59 Å². The van der Waals surface area contributed by atoms with Crippen molar-refractivity contribution in [1.29, 1.82) is 0 Å². The number of carboxylic acids is 1. The lowest BCUT2D eigenvalue weighted by Crippen LogP contribution is -2.10. The Balaban J connectivity index is 2.20. The molecule has 0 saturated carbocycles. The van der Waals surface area contributed by atoms with Gasteiger partial charge >= 0.3 is 5.97 Å². The molecule has 7 heteroatoms. The summed E-state index contributed by atoms with van der Waals surface area (Å²) in [7, 11) is 0. The average Bonchev–Trinajstić information content (AvgIpc) is 2.83. The minimum Gasteiger partial charge on any atom is -0.477 e. The molecule has 0 fully saturated rings. The third kappa shape index (κ3) is 3.26. The van der Waals surface area contributed by atoms with Crippen LogP contribution >= 0.6 is 34.5 Å². The number of carbonyl (C=O) groups excluding carboxylic acids is 1. The molecular weight excluding hydrogens is 309 g/mol. The number of carbonyl (C=O) groups is 2. The zero-order chi connectivity index (χ0) is 14.0. The molecule has 19 heavy (non-hydrogen) atoms. The lowest BCUT2D eigenvalue weighted by Gasteiger charge is -2.06. The van der Waals surface area contributed by atoms with Gasteiger partial charge in [-0.15, -0.1) is 11.3 Å². The van der Waals surface area contributed by atoms with Crippen molar-refractivity contribution in [3.8, 4) is 0 Å². The molecule has 1 heterocycles. The van der Waals surface area contributed by atoms with Crippen LogP contribution < -0.4 is 5.32 Å². The summed E-state index contributed by atoms with van der Waals surface area (Å²) in [5.74, 6) is -1.49. The molecule has 0 atom stereocenters. The van der Waals surface area contributed by atoms with E-state index in [4.69, 9.17) is 28.3 Å². The molecule has 0 saturated heterocycles. The van der Waals surface area contributed by atoms with E-state index in [0.29, 0.717) is 15.7 Å². The molecule has 0 spiro atoms. The van der Waals surface area contributed by atoms with Crippen LogP contribution in [0.3, 0.4) is 0 Å². The highest BCUT2D eigenvalue weighted by atomic mass is 35.5. The lowest BCUT2D eigenvalue weighted by atomic mass is 10.3. The number of halogens is 2. The van der Waals surface area contributed by atoms with Gasteiger partial charge in [0, 0.05) is 5.02 Å². The standard InChI is InChI=1S/C12H7Cl2NO3S/c13-6-1-2-7(14)8(5-6)15-11(16)9-3-4-10(19-9)12(17)18/h1-5H,(H,15,16)(H,17,18). The van der Waals surface area contributed by atoms with Gasteiger partial charge in [-0.25, -0.2) is 4.79 Å². The van der Waals surface area contributed by atoms with Crippen LogP contribution in [-0.2, 0) is 0 Å². The maximum Gasteiger partial charge on any atom is 0.345 e. The van der Waals surface area contributed by atoms with E-state index in [1.165, 1.54) is 18.2 Å². The predicted octanol–water partition coefficient (Wildman–Crippen LogP) is 4.01. The number of thiophene rings is 1. The lowest BCUT2D eigenvalue weighted by molar-refractivity contribution is 0.0702. The van der Waals surface area contributed by atoms with Crippen molar-refractivity contribution >= 4 is 52.1 Å². The highest BCUT2D eigenvalue weighted by Gasteiger charge is 2.14. The highest BCUT2D eigenvalue weighted by molar-refractivity contribution is 7.16. The molecule has 1 aromatic carbocycles. The van der Waals surface area contributed by atoms with Crippen molar-refractivity contribution in [3.05, 3.63) is 50.1 Å². The summed E-state index contributed by atoms with van der Waals surface area (Å²) in [5, 5.41) is 12.2. The van der Waals surface area contributed by atoms with Crippen LogP contribution in [-0.4, -0.2) is 17.0 Å². The Morgan fingerprint density at radius 2 is 1.79 bits per heavy atom. The maximum absolute atomic E-state index is 11.9. The first-order valence-electron chi connectivity index (χ1n) is 5.07. The number of hydrogen-bond donors (Lipinski definition) is 2. The minimum absolute atomic E-state index is 0.0994. The topological polar surface area (TPSA) is 66.4 Å². The minimum atomic E-state index is -1.06. The largest absolute Gasteiger partial charge is 0.477 e. The number of benzene rings is 1. The third-order valence-electron chi connectivity index (χ3n) is 2.22. The van der Waals surface area contributed by atoms with Gasteiger partial charge in [0.2, 0.25) is 0 Å². The molecular formula is C12H7Cl2NO3S. The van der Waals surface area contributed by atoms with E-state index < -0.39 is 11.9 Å². The Morgan fingerprint density at radius 1 is 1.11 bits per heavy atom. The number of anilines is 1. The van der Waals surface area contributed by atoms with E-state index in [2.05, 4.69) is 5.32 Å². The number of hydrogen-bond acceptors (Lipinski definition) is 3. The van der Waals surface area contributed by atoms with Crippen molar-refractivity contribution in [3.63, 3.8) is 0 Å². The summed E-state index contributed by atoms with van der Waals surface area (Å²) in [4.78, 5) is 23.0. The molecule has 0 aliphatic heterocycles. The molecule has 2 N–H and O–H groups in total. The van der Waals surface area contributed by atoms with E-state index in [0.717, 1.165) is 11.3 Å². The summed E-state index contributed by atoms with van der Waals surface area (Å²) in [6.45, 7) is 0. The smallest absolute Gasteiger partial charge is 0.345 e. The van der Waals surface area contributed by atoms with E-state index in [1.54, 1.807) is 12.1 Å². The van der Waals surface area contributed by atoms with Crippen LogP contribution in [0, 0.1) is 0 Å². The van der Waals surface area contributed by atoms with Crippen LogP contribution in [0.5, 0.6) is 0 Å². The number of nitrogens with one attached hydrogen (secondary N) is 1. The van der Waals surface area contributed by atoms with Gasteiger partial charge < -0.3 is 10.4 Å². The monoisotopic (exact) mass is 315 g/mol. The van der Waals surface area contributed by atoms with Crippen LogP contribution in [0.2, 0.25) is 10.0 Å². The molecule has 1 aromatic heterocycles. The molecule has 1 amide bonds. The second kappa shape index (κ2) is 5.61. The summed E-state index contributed by atoms with van der Waals surface area (Å²) < 4.78 is 0. The highest BCUT2D eigenvalue weighted by Crippen LogP contribution is 2.26. The predicted molar refractivity (Wildman–Crippen MR) is 75.7 cm³/mol. The van der Waals surface area contributed by atoms with Crippen molar-refractivity contribution in [1.82, 2.24) is 0 Å². The molecule has 98 valence electrons. The van der Waals surface area contributed by atoms with Crippen molar-refractivity contribution in [2.75, 3.05) is 5.32 Å². The number of aromatic carboxylic acids is 1. The molecule has 0 aliphatic rings. The fourth-order valence-electron chi connectivity index (χ4n) is 1.35.